The Morgan fingerprint density at radius 3 is 0.986 bits per heavy atom. The van der Waals surface area contributed by atoms with Gasteiger partial charge in [-0.1, -0.05) is 206 Å². The van der Waals surface area contributed by atoms with Crippen molar-refractivity contribution >= 4 is 94.0 Å². The second kappa shape index (κ2) is 20.0. The summed E-state index contributed by atoms with van der Waals surface area (Å²) in [5, 5.41) is 7.89. The number of aromatic amines is 2. The van der Waals surface area contributed by atoms with Crippen LogP contribution in [0.25, 0.3) is 90.9 Å². The Balaban J connectivity index is 0.948. The molecule has 8 aromatic carbocycles. The van der Waals surface area contributed by atoms with Crippen LogP contribution >= 0.6 is 15.8 Å². The van der Waals surface area contributed by atoms with Crippen LogP contribution in [0.1, 0.15) is 22.8 Å². The highest BCUT2D eigenvalue weighted by molar-refractivity contribution is 7.80. The number of aromatic nitrogens is 4. The fourth-order valence-corrected chi connectivity index (χ4v) is 15.0. The minimum Gasteiger partial charge on any atom is -0.355 e. The van der Waals surface area contributed by atoms with Gasteiger partial charge in [0, 0.05) is 33.2 Å². The fraction of sp³-hybridized carbons (Fsp3) is 0. The van der Waals surface area contributed by atoms with Crippen molar-refractivity contribution in [3.8, 4) is 44.5 Å². The molecule has 0 radical (unpaired) electrons. The van der Waals surface area contributed by atoms with Crippen LogP contribution in [0.3, 0.4) is 0 Å². The van der Waals surface area contributed by atoms with Gasteiger partial charge in [-0.15, -0.1) is 0 Å². The van der Waals surface area contributed by atoms with E-state index in [0.29, 0.717) is 0 Å². The van der Waals surface area contributed by atoms with E-state index in [1.165, 1.54) is 31.8 Å². The average Bonchev–Trinajstić information content (AvgIpc) is 4.32. The van der Waals surface area contributed by atoms with E-state index in [1.54, 1.807) is 0 Å². The number of hydrogen-bond donors (Lipinski definition) is 2. The normalized spacial score (nSPS) is 11.9. The van der Waals surface area contributed by atoms with Gasteiger partial charge in [0.15, 0.2) is 0 Å². The Labute approximate surface area is 433 Å². The molecule has 350 valence electrons. The lowest BCUT2D eigenvalue weighted by molar-refractivity contribution is 1.31. The van der Waals surface area contributed by atoms with Crippen molar-refractivity contribution in [2.75, 3.05) is 0 Å². The first kappa shape index (κ1) is 45.1. The average molecular weight is 983 g/mol. The van der Waals surface area contributed by atoms with Crippen LogP contribution in [0, 0.1) is 0 Å². The lowest BCUT2D eigenvalue weighted by atomic mass is 9.93. The van der Waals surface area contributed by atoms with Crippen molar-refractivity contribution in [3.05, 3.63) is 278 Å². The first-order chi connectivity index (χ1) is 36.7. The molecule has 4 nitrogen and oxygen atoms in total. The molecule has 0 saturated carbocycles. The molecule has 0 fully saturated rings. The summed E-state index contributed by atoms with van der Waals surface area (Å²) >= 11 is 0. The molecule has 2 N–H and O–H groups in total. The van der Waals surface area contributed by atoms with E-state index in [9.17, 15) is 0 Å². The van der Waals surface area contributed by atoms with E-state index in [4.69, 9.17) is 9.97 Å². The zero-order valence-corrected chi connectivity index (χ0v) is 42.1. The molecule has 74 heavy (non-hydrogen) atoms. The SMILES string of the molecule is C1=Cc2nc1cc1ccc([nH]1)c(-c1ccccc1-c1cccc(P(c3ccccc3)c3ccccc3)c1)c1nc(cc3ccc([nH]3)c2-c2ccccc2-c2cccc(P(c3ccccc3)c3ccccc3)c2)C=C1. The van der Waals surface area contributed by atoms with Crippen LogP contribution in [-0.2, 0) is 0 Å². The Kier molecular flexibility index (Phi) is 12.2. The van der Waals surface area contributed by atoms with Gasteiger partial charge in [0.25, 0.3) is 0 Å². The Morgan fingerprint density at radius 1 is 0.270 bits per heavy atom. The van der Waals surface area contributed by atoms with Crippen LogP contribution in [0.2, 0.25) is 0 Å². The van der Waals surface area contributed by atoms with Gasteiger partial charge in [-0.05, 0) is 154 Å². The molecule has 2 aliphatic rings. The summed E-state index contributed by atoms with van der Waals surface area (Å²) < 4.78 is 0. The van der Waals surface area contributed by atoms with E-state index in [1.807, 2.05) is 0 Å². The summed E-state index contributed by atoms with van der Waals surface area (Å²) in [6, 6.07) is 92.3. The predicted octanol–water partition coefficient (Wildman–Crippen LogP) is 14.8. The van der Waals surface area contributed by atoms with Gasteiger partial charge >= 0.3 is 0 Å². The second-order valence-electron chi connectivity index (χ2n) is 18.4. The van der Waals surface area contributed by atoms with E-state index >= 15 is 0 Å². The number of rotatable bonds is 10. The Bertz CT molecular complexity index is 3740. The highest BCUT2D eigenvalue weighted by Crippen LogP contribution is 2.42. The Morgan fingerprint density at radius 2 is 0.608 bits per heavy atom. The van der Waals surface area contributed by atoms with E-state index in [0.717, 1.165) is 89.4 Å². The lowest BCUT2D eigenvalue weighted by Crippen LogP contribution is -2.20. The maximum absolute atomic E-state index is 5.38. The number of nitrogens with one attached hydrogen (secondary N) is 2. The van der Waals surface area contributed by atoms with Crippen LogP contribution < -0.4 is 31.8 Å². The highest BCUT2D eigenvalue weighted by atomic mass is 31.1. The molecule has 0 saturated heterocycles. The van der Waals surface area contributed by atoms with Gasteiger partial charge in [0.2, 0.25) is 0 Å². The third-order valence-corrected chi connectivity index (χ3v) is 18.5. The van der Waals surface area contributed by atoms with Gasteiger partial charge in [-0.25, -0.2) is 9.97 Å². The van der Waals surface area contributed by atoms with Crippen molar-refractivity contribution < 1.29 is 0 Å². The lowest BCUT2D eigenvalue weighted by Gasteiger charge is -2.20. The summed E-state index contributed by atoms with van der Waals surface area (Å²) in [6.07, 6.45) is 8.55. The van der Waals surface area contributed by atoms with Gasteiger partial charge in [0.05, 0.1) is 22.8 Å². The number of hydrogen-bond acceptors (Lipinski definition) is 2. The van der Waals surface area contributed by atoms with Gasteiger partial charge in [-0.3, -0.25) is 0 Å². The topological polar surface area (TPSA) is 57.4 Å². The summed E-state index contributed by atoms with van der Waals surface area (Å²) in [7, 11) is -1.58. The van der Waals surface area contributed by atoms with Crippen molar-refractivity contribution in [2.24, 2.45) is 0 Å². The fourth-order valence-electron chi connectivity index (χ4n) is 10.4. The van der Waals surface area contributed by atoms with Crippen molar-refractivity contribution in [2.45, 2.75) is 0 Å². The second-order valence-corrected chi connectivity index (χ2v) is 22.8. The van der Waals surface area contributed by atoms with Crippen molar-refractivity contribution in [1.82, 2.24) is 19.9 Å². The molecule has 5 heterocycles. The first-order valence-electron chi connectivity index (χ1n) is 25.0. The minimum atomic E-state index is -0.789. The molecule has 0 atom stereocenters. The van der Waals surface area contributed by atoms with E-state index in [2.05, 4.69) is 289 Å². The summed E-state index contributed by atoms with van der Waals surface area (Å²) in [4.78, 5) is 18.4. The maximum atomic E-state index is 5.38. The molecule has 0 amide bonds. The van der Waals surface area contributed by atoms with Gasteiger partial charge in [0.1, 0.15) is 0 Å². The molecular weight excluding hydrogens is 935 g/mol. The quantitative estimate of drug-likeness (QED) is 0.134. The van der Waals surface area contributed by atoms with Crippen LogP contribution in [0.5, 0.6) is 0 Å². The summed E-state index contributed by atoms with van der Waals surface area (Å²) in [6.45, 7) is 0. The van der Waals surface area contributed by atoms with Gasteiger partial charge in [-0.2, -0.15) is 0 Å². The molecule has 11 aromatic rings. The minimum absolute atomic E-state index is 0.789. The third-order valence-electron chi connectivity index (χ3n) is 13.7. The standard InChI is InChI=1S/C68H48N4P2/c1-5-21-53(22-6-1)73(54-23-7-2-8-24-54)57-29-17-19-47(43-57)59-31-13-15-33-61(59)67-63-39-35-49(69-63)45-51-37-41-65(71-51)68(66-42-38-52(72-66)46-50-36-40-64(67)70-50)62-34-16-14-32-60(62)48-20-18-30-58(44-48)74(55-25-9-3-10-26-55)56-27-11-4-12-28-56/h1-46,69,72H. The largest absolute Gasteiger partial charge is 0.355 e. The molecule has 3 aromatic heterocycles. The van der Waals surface area contributed by atoms with Crippen molar-refractivity contribution in [1.29, 1.82) is 0 Å². The molecule has 2 aliphatic heterocycles. The van der Waals surface area contributed by atoms with Crippen LogP contribution in [-0.4, -0.2) is 19.9 Å². The van der Waals surface area contributed by atoms with Crippen LogP contribution in [0.15, 0.2) is 255 Å². The molecular formula is C68H48N4P2. The monoisotopic (exact) mass is 982 g/mol. The molecule has 8 bridgehead atoms. The molecule has 0 aliphatic carbocycles. The smallest absolute Gasteiger partial charge is 0.0737 e. The zero-order valence-electron chi connectivity index (χ0n) is 40.3. The molecule has 6 heteroatoms. The molecule has 13 rings (SSSR count). The number of nitrogens with zero attached hydrogens (tertiary/aromatic N) is 2. The number of benzene rings is 8. The third kappa shape index (κ3) is 8.97. The molecule has 0 spiro atoms. The Hall–Kier alpha value is -8.78. The summed E-state index contributed by atoms with van der Waals surface area (Å²) in [5.41, 5.74) is 16.3. The van der Waals surface area contributed by atoms with Crippen molar-refractivity contribution in [3.63, 3.8) is 0 Å². The predicted molar refractivity (Wildman–Crippen MR) is 318 cm³/mol. The number of fused-ring (bicyclic) bond motifs is 8. The van der Waals surface area contributed by atoms with E-state index < -0.39 is 15.8 Å². The van der Waals surface area contributed by atoms with Crippen LogP contribution in [0.4, 0.5) is 0 Å². The first-order valence-corrected chi connectivity index (χ1v) is 27.7. The highest BCUT2D eigenvalue weighted by Gasteiger charge is 2.22. The van der Waals surface area contributed by atoms with Gasteiger partial charge < -0.3 is 9.97 Å². The molecule has 0 unspecified atom stereocenters. The zero-order chi connectivity index (χ0) is 49.2. The van der Waals surface area contributed by atoms with E-state index in [-0.39, 0.29) is 0 Å². The summed E-state index contributed by atoms with van der Waals surface area (Å²) in [5.74, 6) is 0. The maximum Gasteiger partial charge on any atom is 0.0737 e. The number of H-pyrrole nitrogens is 2.